The molecule has 0 N–H and O–H groups in total. The van der Waals surface area contributed by atoms with Crippen molar-refractivity contribution in [1.29, 1.82) is 0 Å². The van der Waals surface area contributed by atoms with E-state index in [4.69, 9.17) is 0 Å². The van der Waals surface area contributed by atoms with Crippen molar-refractivity contribution in [2.24, 2.45) is 5.92 Å². The van der Waals surface area contributed by atoms with Crippen LogP contribution in [0, 0.1) is 5.92 Å². The third kappa shape index (κ3) is 1.85. The summed E-state index contributed by atoms with van der Waals surface area (Å²) < 4.78 is 0. The first-order valence-electron chi connectivity index (χ1n) is 5.96. The summed E-state index contributed by atoms with van der Waals surface area (Å²) in [4.78, 5) is 13.9. The Hall–Kier alpha value is -0.370. The van der Waals surface area contributed by atoms with Crippen molar-refractivity contribution in [2.75, 3.05) is 6.54 Å². The fourth-order valence-electron chi connectivity index (χ4n) is 3.13. The Labute approximate surface area is 86.7 Å². The van der Waals surface area contributed by atoms with Crippen LogP contribution >= 0.6 is 0 Å². The fraction of sp³-hybridized carbons (Fsp3) is 0.917. The molecule has 14 heavy (non-hydrogen) atoms. The van der Waals surface area contributed by atoms with Gasteiger partial charge in [0.05, 0.1) is 0 Å². The fourth-order valence-corrected chi connectivity index (χ4v) is 3.13. The molecule has 1 aliphatic heterocycles. The lowest BCUT2D eigenvalue weighted by atomic mass is 9.96. The normalized spacial score (nSPS) is 40.4. The minimum atomic E-state index is 0.458. The molecule has 2 aliphatic rings. The van der Waals surface area contributed by atoms with Gasteiger partial charge < -0.3 is 0 Å². The number of piperidine rings is 1. The predicted molar refractivity (Wildman–Crippen MR) is 57.2 cm³/mol. The number of Topliss-reactive ketones (excluding diaryl/α,β-unsaturated/α-hetero) is 1. The van der Waals surface area contributed by atoms with Gasteiger partial charge in [-0.15, -0.1) is 0 Å². The molecular formula is C12H21NO. The Morgan fingerprint density at radius 2 is 2.07 bits per heavy atom. The molecule has 3 unspecified atom stereocenters. The van der Waals surface area contributed by atoms with Gasteiger partial charge in [0.25, 0.3) is 0 Å². The molecule has 2 rings (SSSR count). The molecule has 2 nitrogen and oxygen atoms in total. The van der Waals surface area contributed by atoms with Crippen molar-refractivity contribution in [3.63, 3.8) is 0 Å². The smallest absolute Gasteiger partial charge is 0.135 e. The number of rotatable bonds is 1. The average molecular weight is 195 g/mol. The van der Waals surface area contributed by atoms with Crippen LogP contribution in [0.4, 0.5) is 0 Å². The van der Waals surface area contributed by atoms with Crippen LogP contribution in [0.25, 0.3) is 0 Å². The van der Waals surface area contributed by atoms with Crippen LogP contribution in [0.2, 0.25) is 0 Å². The van der Waals surface area contributed by atoms with E-state index in [1.54, 1.807) is 0 Å². The minimum absolute atomic E-state index is 0.458. The van der Waals surface area contributed by atoms with Gasteiger partial charge in [-0.1, -0.05) is 13.3 Å². The van der Waals surface area contributed by atoms with Gasteiger partial charge in [-0.05, 0) is 25.7 Å². The van der Waals surface area contributed by atoms with E-state index in [-0.39, 0.29) is 0 Å². The number of nitrogens with zero attached hydrogens (tertiary/aromatic N) is 1. The van der Waals surface area contributed by atoms with Crippen molar-refractivity contribution in [2.45, 2.75) is 58.0 Å². The monoisotopic (exact) mass is 195 g/mol. The molecule has 0 bridgehead atoms. The summed E-state index contributed by atoms with van der Waals surface area (Å²) in [5.41, 5.74) is 0. The number of hydrogen-bond donors (Lipinski definition) is 0. The van der Waals surface area contributed by atoms with E-state index in [1.165, 1.54) is 19.3 Å². The SMILES string of the molecule is CC1CCCC1N1CCC(=O)CC1C. The molecule has 2 heteroatoms. The number of likely N-dealkylation sites (tertiary alicyclic amines) is 1. The summed E-state index contributed by atoms with van der Waals surface area (Å²) in [7, 11) is 0. The predicted octanol–water partition coefficient (Wildman–Crippen LogP) is 2.23. The summed E-state index contributed by atoms with van der Waals surface area (Å²) in [6, 6.07) is 1.25. The van der Waals surface area contributed by atoms with Gasteiger partial charge in [-0.2, -0.15) is 0 Å². The molecule has 3 atom stereocenters. The Bertz CT molecular complexity index is 226. The van der Waals surface area contributed by atoms with Crippen molar-refractivity contribution >= 4 is 5.78 Å². The van der Waals surface area contributed by atoms with Gasteiger partial charge >= 0.3 is 0 Å². The second-order valence-corrected chi connectivity index (χ2v) is 5.06. The molecule has 0 spiro atoms. The molecule has 80 valence electrons. The minimum Gasteiger partial charge on any atom is -0.300 e. The van der Waals surface area contributed by atoms with Gasteiger partial charge in [0, 0.05) is 31.5 Å². The van der Waals surface area contributed by atoms with Gasteiger partial charge in [0.15, 0.2) is 0 Å². The lowest BCUT2D eigenvalue weighted by molar-refractivity contribution is -0.123. The molecule has 1 aliphatic carbocycles. The van der Waals surface area contributed by atoms with Crippen LogP contribution in [0.5, 0.6) is 0 Å². The van der Waals surface area contributed by atoms with Crippen LogP contribution < -0.4 is 0 Å². The molecule has 1 heterocycles. The maximum Gasteiger partial charge on any atom is 0.135 e. The average Bonchev–Trinajstić information content (AvgIpc) is 2.52. The molecule has 0 aromatic rings. The molecule has 1 saturated carbocycles. The maximum atomic E-state index is 11.3. The van der Waals surface area contributed by atoms with Crippen molar-refractivity contribution in [3.8, 4) is 0 Å². The van der Waals surface area contributed by atoms with Crippen LogP contribution in [-0.4, -0.2) is 29.3 Å². The summed E-state index contributed by atoms with van der Waals surface area (Å²) >= 11 is 0. The van der Waals surface area contributed by atoms with Crippen molar-refractivity contribution in [1.82, 2.24) is 4.90 Å². The first kappa shape index (κ1) is 10.2. The van der Waals surface area contributed by atoms with E-state index in [9.17, 15) is 4.79 Å². The second kappa shape index (κ2) is 4.01. The lowest BCUT2D eigenvalue weighted by Gasteiger charge is -2.39. The summed E-state index contributed by atoms with van der Waals surface area (Å²) in [5, 5.41) is 0. The van der Waals surface area contributed by atoms with Gasteiger partial charge in [0.1, 0.15) is 5.78 Å². The Kier molecular flexibility index (Phi) is 2.91. The number of ketones is 1. The maximum absolute atomic E-state index is 11.3. The zero-order valence-electron chi connectivity index (χ0n) is 9.33. The van der Waals surface area contributed by atoms with Crippen LogP contribution in [0.1, 0.15) is 46.0 Å². The highest BCUT2D eigenvalue weighted by Gasteiger charge is 2.34. The number of carbonyl (C=O) groups is 1. The molecule has 0 radical (unpaired) electrons. The largest absolute Gasteiger partial charge is 0.300 e. The Morgan fingerprint density at radius 3 is 2.64 bits per heavy atom. The van der Waals surface area contributed by atoms with E-state index >= 15 is 0 Å². The molecular weight excluding hydrogens is 174 g/mol. The lowest BCUT2D eigenvalue weighted by Crippen LogP contribution is -2.48. The standard InChI is InChI=1S/C12H21NO/c1-9-4-3-5-12(9)13-7-6-11(14)8-10(13)2/h9-10,12H,3-8H2,1-2H3. The second-order valence-electron chi connectivity index (χ2n) is 5.06. The molecule has 2 fully saturated rings. The van der Waals surface area contributed by atoms with Gasteiger partial charge in [-0.3, -0.25) is 9.69 Å². The highest BCUT2D eigenvalue weighted by atomic mass is 16.1. The zero-order chi connectivity index (χ0) is 10.1. The zero-order valence-corrected chi connectivity index (χ0v) is 9.33. The quantitative estimate of drug-likeness (QED) is 0.639. The van der Waals surface area contributed by atoms with Gasteiger partial charge in [0.2, 0.25) is 0 Å². The van der Waals surface area contributed by atoms with Gasteiger partial charge in [-0.25, -0.2) is 0 Å². The highest BCUT2D eigenvalue weighted by molar-refractivity contribution is 5.79. The molecule has 0 aromatic carbocycles. The first-order chi connectivity index (χ1) is 6.68. The van der Waals surface area contributed by atoms with E-state index in [1.807, 2.05) is 0 Å². The van der Waals surface area contributed by atoms with Crippen molar-refractivity contribution in [3.05, 3.63) is 0 Å². The molecule has 0 aromatic heterocycles. The molecule has 1 saturated heterocycles. The topological polar surface area (TPSA) is 20.3 Å². The summed E-state index contributed by atoms with van der Waals surface area (Å²) in [5.74, 6) is 1.30. The van der Waals surface area contributed by atoms with Crippen LogP contribution in [0.15, 0.2) is 0 Å². The van der Waals surface area contributed by atoms with Crippen LogP contribution in [0.3, 0.4) is 0 Å². The van der Waals surface area contributed by atoms with Crippen LogP contribution in [-0.2, 0) is 4.79 Å². The number of carbonyl (C=O) groups excluding carboxylic acids is 1. The highest BCUT2D eigenvalue weighted by Crippen LogP contribution is 2.32. The first-order valence-corrected chi connectivity index (χ1v) is 5.96. The van der Waals surface area contributed by atoms with E-state index in [0.717, 1.165) is 31.3 Å². The van der Waals surface area contributed by atoms with E-state index < -0.39 is 0 Å². The third-order valence-corrected chi connectivity index (χ3v) is 3.98. The van der Waals surface area contributed by atoms with E-state index in [2.05, 4.69) is 18.7 Å². The van der Waals surface area contributed by atoms with E-state index in [0.29, 0.717) is 11.8 Å². The Morgan fingerprint density at radius 1 is 1.29 bits per heavy atom. The Balaban J connectivity index is 1.99. The number of hydrogen-bond acceptors (Lipinski definition) is 2. The molecule has 0 amide bonds. The summed E-state index contributed by atoms with van der Waals surface area (Å²) in [6.45, 7) is 5.58. The third-order valence-electron chi connectivity index (χ3n) is 3.98. The summed E-state index contributed by atoms with van der Waals surface area (Å²) in [6.07, 6.45) is 5.67. The van der Waals surface area contributed by atoms with Crippen molar-refractivity contribution < 1.29 is 4.79 Å².